The van der Waals surface area contributed by atoms with Crippen LogP contribution in [0.4, 0.5) is 0 Å². The molecule has 2 atom stereocenters. The first-order valence-corrected chi connectivity index (χ1v) is 9.18. The number of pyridine rings is 1. The Morgan fingerprint density at radius 3 is 2.59 bits per heavy atom. The molecule has 0 fully saturated rings. The molecule has 0 bridgehead atoms. The first kappa shape index (κ1) is 22.6. The van der Waals surface area contributed by atoms with E-state index in [1.807, 2.05) is 0 Å². The van der Waals surface area contributed by atoms with E-state index in [-0.39, 0.29) is 18.6 Å². The summed E-state index contributed by atoms with van der Waals surface area (Å²) in [6.07, 6.45) is 1.37. The van der Waals surface area contributed by atoms with Gasteiger partial charge in [-0.2, -0.15) is 0 Å². The van der Waals surface area contributed by atoms with Crippen LogP contribution >= 0.6 is 24.0 Å². The van der Waals surface area contributed by atoms with Crippen LogP contribution in [-0.2, 0) is 19.2 Å². The maximum atomic E-state index is 12.2. The van der Waals surface area contributed by atoms with Crippen LogP contribution in [0.2, 0.25) is 0 Å². The van der Waals surface area contributed by atoms with Gasteiger partial charge in [-0.15, -0.1) is 11.8 Å². The third-order valence-electron chi connectivity index (χ3n) is 3.25. The maximum Gasteiger partial charge on any atom is 0.322 e. The average molecular weight is 416 g/mol. The van der Waals surface area contributed by atoms with Gasteiger partial charge in [0, 0.05) is 23.3 Å². The lowest BCUT2D eigenvalue weighted by Gasteiger charge is -2.18. The Hall–Kier alpha value is -2.44. The van der Waals surface area contributed by atoms with Crippen LogP contribution < -0.4 is 16.4 Å². The SMILES string of the molecule is NC(CCC(=O)NC(CSc1ccc[nH]c1=S)C(=O)NCC(=O)O)C(=O)O. The van der Waals surface area contributed by atoms with Crippen LogP contribution in [0.15, 0.2) is 23.2 Å². The molecule has 0 spiro atoms. The van der Waals surface area contributed by atoms with Crippen molar-refractivity contribution >= 4 is 47.7 Å². The normalized spacial score (nSPS) is 12.6. The molecule has 1 aromatic heterocycles. The van der Waals surface area contributed by atoms with Crippen molar-refractivity contribution in [1.29, 1.82) is 0 Å². The van der Waals surface area contributed by atoms with E-state index in [0.29, 0.717) is 9.54 Å². The summed E-state index contributed by atoms with van der Waals surface area (Å²) in [5.41, 5.74) is 5.34. The summed E-state index contributed by atoms with van der Waals surface area (Å²) >= 11 is 6.34. The Morgan fingerprint density at radius 1 is 1.30 bits per heavy atom. The van der Waals surface area contributed by atoms with Gasteiger partial charge < -0.3 is 31.6 Å². The van der Waals surface area contributed by atoms with E-state index in [2.05, 4.69) is 15.6 Å². The Bertz CT molecular complexity index is 754. The predicted molar refractivity (Wildman–Crippen MR) is 99.8 cm³/mol. The number of carbonyl (C=O) groups is 4. The molecule has 10 nitrogen and oxygen atoms in total. The van der Waals surface area contributed by atoms with Crippen LogP contribution in [0.3, 0.4) is 0 Å². The topological polar surface area (TPSA) is 175 Å². The van der Waals surface area contributed by atoms with Gasteiger partial charge in [0.05, 0.1) is 0 Å². The van der Waals surface area contributed by atoms with Gasteiger partial charge in [-0.05, 0) is 18.6 Å². The van der Waals surface area contributed by atoms with Gasteiger partial charge in [0.1, 0.15) is 23.3 Å². The molecule has 0 aliphatic carbocycles. The number of aliphatic carboxylic acids is 2. The van der Waals surface area contributed by atoms with E-state index < -0.39 is 42.4 Å². The molecule has 2 unspecified atom stereocenters. The van der Waals surface area contributed by atoms with E-state index in [1.165, 1.54) is 11.8 Å². The molecule has 148 valence electrons. The van der Waals surface area contributed by atoms with E-state index >= 15 is 0 Å². The second-order valence-electron chi connectivity index (χ2n) is 5.39. The first-order chi connectivity index (χ1) is 12.7. The highest BCUT2D eigenvalue weighted by Gasteiger charge is 2.22. The fourth-order valence-corrected chi connectivity index (χ4v) is 3.10. The van der Waals surface area contributed by atoms with Crippen molar-refractivity contribution < 1.29 is 29.4 Å². The molecule has 0 aliphatic rings. The molecule has 7 N–H and O–H groups in total. The third kappa shape index (κ3) is 8.66. The van der Waals surface area contributed by atoms with Crippen molar-refractivity contribution in [2.75, 3.05) is 12.3 Å². The number of hydrogen-bond acceptors (Lipinski definition) is 7. The second-order valence-corrected chi connectivity index (χ2v) is 6.86. The number of hydrogen-bond donors (Lipinski definition) is 6. The largest absolute Gasteiger partial charge is 0.480 e. The number of carboxylic acids is 2. The lowest BCUT2D eigenvalue weighted by Crippen LogP contribution is -2.49. The summed E-state index contributed by atoms with van der Waals surface area (Å²) < 4.78 is 0.464. The van der Waals surface area contributed by atoms with Crippen LogP contribution in [-0.4, -0.2) is 63.3 Å². The minimum Gasteiger partial charge on any atom is -0.480 e. The first-order valence-electron chi connectivity index (χ1n) is 7.78. The fourth-order valence-electron chi connectivity index (χ4n) is 1.84. The zero-order chi connectivity index (χ0) is 20.4. The molecule has 0 saturated carbocycles. The zero-order valence-corrected chi connectivity index (χ0v) is 15.8. The molecule has 12 heteroatoms. The smallest absolute Gasteiger partial charge is 0.322 e. The minimum atomic E-state index is -1.23. The number of nitrogens with two attached hydrogens (primary N) is 1. The highest BCUT2D eigenvalue weighted by Crippen LogP contribution is 2.19. The Balaban J connectivity index is 2.72. The quantitative estimate of drug-likeness (QED) is 0.209. The number of carbonyl (C=O) groups excluding carboxylic acids is 2. The number of thioether (sulfide) groups is 1. The Morgan fingerprint density at radius 2 is 2.00 bits per heavy atom. The summed E-state index contributed by atoms with van der Waals surface area (Å²) in [4.78, 5) is 49.0. The molecule has 0 aliphatic heterocycles. The van der Waals surface area contributed by atoms with Crippen molar-refractivity contribution in [3.8, 4) is 0 Å². The molecular formula is C15H20N4O6S2. The molecule has 27 heavy (non-hydrogen) atoms. The van der Waals surface area contributed by atoms with Crippen molar-refractivity contribution in [2.24, 2.45) is 5.73 Å². The Kier molecular flexibility index (Phi) is 9.47. The number of amides is 2. The molecule has 0 saturated heterocycles. The van der Waals surface area contributed by atoms with Gasteiger partial charge in [-0.25, -0.2) is 0 Å². The molecular weight excluding hydrogens is 396 g/mol. The van der Waals surface area contributed by atoms with Crippen LogP contribution in [0.1, 0.15) is 12.8 Å². The van der Waals surface area contributed by atoms with E-state index in [0.717, 1.165) is 0 Å². The van der Waals surface area contributed by atoms with Crippen LogP contribution in [0.25, 0.3) is 0 Å². The van der Waals surface area contributed by atoms with Crippen molar-refractivity contribution in [2.45, 2.75) is 29.8 Å². The minimum absolute atomic E-state index is 0.0955. The maximum absolute atomic E-state index is 12.2. The van der Waals surface area contributed by atoms with Gasteiger partial charge >= 0.3 is 11.9 Å². The van der Waals surface area contributed by atoms with Crippen molar-refractivity contribution in [1.82, 2.24) is 15.6 Å². The molecule has 1 rings (SSSR count). The lowest BCUT2D eigenvalue weighted by molar-refractivity contribution is -0.139. The highest BCUT2D eigenvalue weighted by atomic mass is 32.2. The van der Waals surface area contributed by atoms with Crippen LogP contribution in [0, 0.1) is 4.64 Å². The van der Waals surface area contributed by atoms with E-state index in [4.69, 9.17) is 28.2 Å². The standard InChI is InChI=1S/C15H20N4O6S2/c16-8(15(24)25)3-4-11(20)19-9(13(23)18-6-12(21)22)7-27-10-2-1-5-17-14(10)26/h1-2,5,8-9H,3-4,6-7,16H2,(H,17,26)(H,18,23)(H,19,20)(H,21,22)(H,24,25). The van der Waals surface area contributed by atoms with Gasteiger partial charge in [0.15, 0.2) is 0 Å². The number of carboxylic acid groups (broad SMARTS) is 2. The third-order valence-corrected chi connectivity index (χ3v) is 4.87. The lowest BCUT2D eigenvalue weighted by atomic mass is 10.1. The number of nitrogens with one attached hydrogen (secondary N) is 3. The summed E-state index contributed by atoms with van der Waals surface area (Å²) in [6, 6.07) is 1.25. The molecule has 1 heterocycles. The molecule has 1 aromatic rings. The summed E-state index contributed by atoms with van der Waals surface area (Å²) in [5, 5.41) is 22.1. The number of H-pyrrole nitrogens is 1. The van der Waals surface area contributed by atoms with Gasteiger partial charge in [-0.3, -0.25) is 19.2 Å². The van der Waals surface area contributed by atoms with Gasteiger partial charge in [0.2, 0.25) is 11.8 Å². The van der Waals surface area contributed by atoms with E-state index in [1.54, 1.807) is 18.3 Å². The molecule has 0 aromatic carbocycles. The zero-order valence-electron chi connectivity index (χ0n) is 14.1. The molecule has 2 amide bonds. The fraction of sp³-hybridized carbons (Fsp3) is 0.400. The summed E-state index contributed by atoms with van der Waals surface area (Å²) in [7, 11) is 0. The summed E-state index contributed by atoms with van der Waals surface area (Å²) in [6.45, 7) is -0.592. The highest BCUT2D eigenvalue weighted by molar-refractivity contribution is 7.99. The number of rotatable bonds is 11. The summed E-state index contributed by atoms with van der Waals surface area (Å²) in [5.74, 6) is -3.59. The molecule has 0 radical (unpaired) electrons. The van der Waals surface area contributed by atoms with E-state index in [9.17, 15) is 19.2 Å². The van der Waals surface area contributed by atoms with Gasteiger partial charge in [-0.1, -0.05) is 12.2 Å². The predicted octanol–water partition coefficient (Wildman–Crippen LogP) is -0.286. The number of aromatic amines is 1. The van der Waals surface area contributed by atoms with Crippen LogP contribution in [0.5, 0.6) is 0 Å². The monoisotopic (exact) mass is 416 g/mol. The van der Waals surface area contributed by atoms with Crippen molar-refractivity contribution in [3.63, 3.8) is 0 Å². The van der Waals surface area contributed by atoms with Gasteiger partial charge in [0.25, 0.3) is 0 Å². The van der Waals surface area contributed by atoms with Crippen molar-refractivity contribution in [3.05, 3.63) is 23.0 Å². The average Bonchev–Trinajstić information content (AvgIpc) is 2.62. The number of aromatic nitrogens is 1. The Labute approximate surface area is 163 Å². The second kappa shape index (κ2) is 11.3.